The van der Waals surface area contributed by atoms with Gasteiger partial charge >= 0.3 is 0 Å². The molecule has 0 bridgehead atoms. The van der Waals surface area contributed by atoms with Gasteiger partial charge in [-0.3, -0.25) is 20.4 Å². The quantitative estimate of drug-likeness (QED) is 0.185. The van der Waals surface area contributed by atoms with Gasteiger partial charge in [-0.25, -0.2) is 0 Å². The van der Waals surface area contributed by atoms with Gasteiger partial charge in [-0.1, -0.05) is 24.6 Å². The first-order chi connectivity index (χ1) is 18.7. The minimum atomic E-state index is 0.0273. The summed E-state index contributed by atoms with van der Waals surface area (Å²) >= 11 is 2.05. The second-order valence-electron chi connectivity index (χ2n) is 9.96. The Kier molecular flexibility index (Phi) is 7.14. The van der Waals surface area contributed by atoms with Gasteiger partial charge in [-0.2, -0.15) is 17.0 Å². The Bertz CT molecular complexity index is 1550. The van der Waals surface area contributed by atoms with Crippen molar-refractivity contribution in [3.05, 3.63) is 72.2 Å². The number of rotatable bonds is 8. The zero-order chi connectivity index (χ0) is 25.9. The Morgan fingerprint density at radius 3 is 3.05 bits per heavy atom. The molecule has 2 aliphatic heterocycles. The van der Waals surface area contributed by atoms with Crippen molar-refractivity contribution in [2.24, 2.45) is 0 Å². The van der Waals surface area contributed by atoms with Crippen LogP contribution in [0.5, 0.6) is 0 Å². The first kappa shape index (κ1) is 24.7. The smallest absolute Gasteiger partial charge is 0.224 e. The lowest BCUT2D eigenvalue weighted by molar-refractivity contribution is -0.116. The molecule has 7 nitrogen and oxygen atoms in total. The molecule has 2 aromatic heterocycles. The van der Waals surface area contributed by atoms with E-state index in [0.29, 0.717) is 29.3 Å². The minimum absolute atomic E-state index is 0.0273. The average molecular weight is 523 g/mol. The van der Waals surface area contributed by atoms with E-state index >= 15 is 0 Å². The first-order valence-electron chi connectivity index (χ1n) is 13.1. The highest BCUT2D eigenvalue weighted by atomic mass is 32.2. The van der Waals surface area contributed by atoms with Gasteiger partial charge in [-0.05, 0) is 54.1 Å². The van der Waals surface area contributed by atoms with Crippen molar-refractivity contribution < 1.29 is 4.79 Å². The minimum Gasteiger partial charge on any atom is -0.361 e. The lowest BCUT2D eigenvalue weighted by atomic mass is 10.00. The Labute approximate surface area is 226 Å². The third-order valence-electron chi connectivity index (χ3n) is 7.56. The molecule has 8 heteroatoms. The highest BCUT2D eigenvalue weighted by Gasteiger charge is 2.38. The molecule has 2 saturated heterocycles. The number of allylic oxidation sites excluding steroid dienone is 1. The number of nitrogens with one attached hydrogen (secondary N) is 4. The van der Waals surface area contributed by atoms with Crippen LogP contribution in [0.2, 0.25) is 0 Å². The topological polar surface area (TPSA) is 106 Å². The fourth-order valence-corrected chi connectivity index (χ4v) is 7.21. The number of H-pyrrole nitrogens is 1. The third kappa shape index (κ3) is 5.05. The Morgan fingerprint density at radius 1 is 1.18 bits per heavy atom. The van der Waals surface area contributed by atoms with Gasteiger partial charge in [0, 0.05) is 82.3 Å². The molecular formula is C30H30N6OS. The lowest BCUT2D eigenvalue weighted by Gasteiger charge is -2.17. The maximum Gasteiger partial charge on any atom is 0.224 e. The average Bonchev–Trinajstić information content (AvgIpc) is 3.67. The molecule has 192 valence electrons. The number of hydrogen-bond acceptors (Lipinski definition) is 6. The van der Waals surface area contributed by atoms with Crippen LogP contribution in [-0.2, 0) is 4.79 Å². The molecule has 0 radical (unpaired) electrons. The fraction of sp³-hybridized carbons (Fsp3) is 0.300. The van der Waals surface area contributed by atoms with Gasteiger partial charge in [0.25, 0.3) is 0 Å². The summed E-state index contributed by atoms with van der Waals surface area (Å²) in [6.07, 6.45) is 10.9. The van der Waals surface area contributed by atoms with E-state index in [1.165, 1.54) is 5.75 Å². The molecule has 4 heterocycles. The number of carbonyl (C=O) groups is 1. The summed E-state index contributed by atoms with van der Waals surface area (Å²) in [5.41, 5.74) is 4.00. The highest BCUT2D eigenvalue weighted by molar-refractivity contribution is 8.00. The third-order valence-corrected chi connectivity index (χ3v) is 9.07. The molecule has 2 fully saturated rings. The van der Waals surface area contributed by atoms with Crippen LogP contribution < -0.4 is 16.0 Å². The maximum atomic E-state index is 12.7. The zero-order valence-electron chi connectivity index (χ0n) is 21.0. The number of aromatic amines is 1. The molecule has 2 aliphatic rings. The summed E-state index contributed by atoms with van der Waals surface area (Å²) in [5, 5.41) is 23.8. The predicted molar refractivity (Wildman–Crippen MR) is 156 cm³/mol. The van der Waals surface area contributed by atoms with Crippen LogP contribution in [0.15, 0.2) is 61.1 Å². The maximum absolute atomic E-state index is 12.7. The monoisotopic (exact) mass is 522 g/mol. The number of benzene rings is 2. The van der Waals surface area contributed by atoms with Crippen molar-refractivity contribution in [2.75, 3.05) is 17.7 Å². The van der Waals surface area contributed by atoms with Crippen molar-refractivity contribution >= 4 is 56.7 Å². The van der Waals surface area contributed by atoms with Gasteiger partial charge in [0.1, 0.15) is 0 Å². The molecule has 0 unspecified atom stereocenters. The van der Waals surface area contributed by atoms with E-state index in [1.807, 2.05) is 72.7 Å². The molecule has 4 aromatic rings. The largest absolute Gasteiger partial charge is 0.361 e. The molecule has 0 aliphatic carbocycles. The highest BCUT2D eigenvalue weighted by Crippen LogP contribution is 2.33. The molecule has 6 rings (SSSR count). The summed E-state index contributed by atoms with van der Waals surface area (Å²) in [6, 6.07) is 17.3. The Morgan fingerprint density at radius 2 is 2.13 bits per heavy atom. The van der Waals surface area contributed by atoms with Crippen LogP contribution >= 0.6 is 11.8 Å². The van der Waals surface area contributed by atoms with E-state index in [1.54, 1.807) is 6.20 Å². The number of nitrogens with zero attached hydrogens (tertiary/aromatic N) is 2. The molecule has 2 aromatic carbocycles. The van der Waals surface area contributed by atoms with E-state index in [0.717, 1.165) is 64.4 Å². The van der Waals surface area contributed by atoms with Gasteiger partial charge in [0.05, 0.1) is 11.6 Å². The van der Waals surface area contributed by atoms with E-state index < -0.39 is 0 Å². The van der Waals surface area contributed by atoms with Crippen molar-refractivity contribution in [1.29, 1.82) is 5.26 Å². The number of amides is 1. The summed E-state index contributed by atoms with van der Waals surface area (Å²) in [5.74, 6) is 1.20. The van der Waals surface area contributed by atoms with Crippen molar-refractivity contribution in [3.8, 4) is 6.07 Å². The van der Waals surface area contributed by atoms with Crippen molar-refractivity contribution in [2.45, 2.75) is 43.0 Å². The normalized spacial score (nSPS) is 21.0. The van der Waals surface area contributed by atoms with Crippen LogP contribution in [0.4, 0.5) is 5.69 Å². The summed E-state index contributed by atoms with van der Waals surface area (Å²) < 4.78 is 0. The van der Waals surface area contributed by atoms with E-state index in [4.69, 9.17) is 0 Å². The van der Waals surface area contributed by atoms with Crippen molar-refractivity contribution in [1.82, 2.24) is 20.6 Å². The summed E-state index contributed by atoms with van der Waals surface area (Å²) in [4.78, 5) is 20.2. The van der Waals surface area contributed by atoms with Crippen LogP contribution in [0.3, 0.4) is 0 Å². The second-order valence-corrected chi connectivity index (χ2v) is 11.2. The molecular weight excluding hydrogens is 492 g/mol. The van der Waals surface area contributed by atoms with E-state index in [9.17, 15) is 10.1 Å². The molecule has 3 atom stereocenters. The predicted octanol–water partition coefficient (Wildman–Crippen LogP) is 5.28. The standard InChI is InChI=1S/C30H30N6OS/c31-14-21(12-19-4-3-5-20-15-32-11-10-23(19)20)25-16-33-26-9-8-22(13-24(25)26)36-29(37)7-2-1-6-28-30-27(17-38-28)34-18-35-30/h3-5,8-13,15-16,27-28,30,33-35H,1-2,6-7,17-18H2,(H,36,37)/b21-12+/t27-,28-,30-/m1/s1. The Hall–Kier alpha value is -3.64. The van der Waals surface area contributed by atoms with Crippen LogP contribution in [0, 0.1) is 11.3 Å². The number of nitriles is 1. The Balaban J connectivity index is 1.13. The molecule has 4 N–H and O–H groups in total. The van der Waals surface area contributed by atoms with Gasteiger partial charge < -0.3 is 10.3 Å². The second kappa shape index (κ2) is 11.0. The van der Waals surface area contributed by atoms with E-state index in [2.05, 4.69) is 32.0 Å². The number of unbranched alkanes of at least 4 members (excludes halogenated alkanes) is 1. The lowest BCUT2D eigenvalue weighted by Crippen LogP contribution is -2.36. The number of hydrogen-bond donors (Lipinski definition) is 4. The number of anilines is 1. The molecule has 1 amide bonds. The summed E-state index contributed by atoms with van der Waals surface area (Å²) in [7, 11) is 0. The molecule has 38 heavy (non-hydrogen) atoms. The fourth-order valence-electron chi connectivity index (χ4n) is 5.60. The number of fused-ring (bicyclic) bond motifs is 3. The number of pyridine rings is 1. The van der Waals surface area contributed by atoms with Gasteiger partial charge in [0.15, 0.2) is 0 Å². The molecule has 0 spiro atoms. The van der Waals surface area contributed by atoms with Gasteiger partial charge in [-0.15, -0.1) is 0 Å². The van der Waals surface area contributed by atoms with Crippen LogP contribution in [0.1, 0.15) is 36.8 Å². The first-order valence-corrected chi connectivity index (χ1v) is 14.2. The number of aromatic nitrogens is 2. The SMILES string of the molecule is N#C/C(=C\c1cccc2cnccc12)c1c[nH]c2ccc(NC(=O)CCCC[C@H]3SC[C@H]4NCN[C@H]43)cc12. The molecule has 0 saturated carbocycles. The van der Waals surface area contributed by atoms with Crippen LogP contribution in [-0.4, -0.2) is 45.6 Å². The zero-order valence-corrected chi connectivity index (χ0v) is 21.9. The van der Waals surface area contributed by atoms with E-state index in [-0.39, 0.29) is 5.91 Å². The number of thioether (sulfide) groups is 1. The number of carbonyl (C=O) groups excluding carboxylic acids is 1. The van der Waals surface area contributed by atoms with Gasteiger partial charge in [0.2, 0.25) is 5.91 Å². The summed E-state index contributed by atoms with van der Waals surface area (Å²) in [6.45, 7) is 0.911. The van der Waals surface area contributed by atoms with Crippen molar-refractivity contribution in [3.63, 3.8) is 0 Å². The van der Waals surface area contributed by atoms with Crippen LogP contribution in [0.25, 0.3) is 33.3 Å².